The third kappa shape index (κ3) is 4.32. The normalized spacial score (nSPS) is 11.0. The zero-order chi connectivity index (χ0) is 17.0. The van der Waals surface area contributed by atoms with Crippen LogP contribution in [-0.4, -0.2) is 11.8 Å². The SMILES string of the molecule is CC(=O)c1ccc(NC(=O)Nc2ccccc2C(F)(F)F)cc1. The first-order valence-electron chi connectivity index (χ1n) is 6.62. The van der Waals surface area contributed by atoms with Crippen molar-refractivity contribution in [3.05, 3.63) is 59.7 Å². The van der Waals surface area contributed by atoms with Gasteiger partial charge in [-0.05, 0) is 43.3 Å². The zero-order valence-electron chi connectivity index (χ0n) is 12.1. The van der Waals surface area contributed by atoms with E-state index in [1.165, 1.54) is 49.4 Å². The maximum atomic E-state index is 12.8. The lowest BCUT2D eigenvalue weighted by molar-refractivity contribution is -0.136. The van der Waals surface area contributed by atoms with Crippen molar-refractivity contribution in [3.63, 3.8) is 0 Å². The number of alkyl halides is 3. The minimum Gasteiger partial charge on any atom is -0.308 e. The van der Waals surface area contributed by atoms with Gasteiger partial charge in [-0.2, -0.15) is 13.2 Å². The topological polar surface area (TPSA) is 58.2 Å². The number of carbonyl (C=O) groups excluding carboxylic acids is 2. The average Bonchev–Trinajstić information content (AvgIpc) is 2.47. The molecular formula is C16H13F3N2O2. The van der Waals surface area contributed by atoms with Gasteiger partial charge in [0.1, 0.15) is 0 Å². The number of hydrogen-bond donors (Lipinski definition) is 2. The van der Waals surface area contributed by atoms with E-state index in [1.807, 2.05) is 0 Å². The smallest absolute Gasteiger partial charge is 0.308 e. The highest BCUT2D eigenvalue weighted by Crippen LogP contribution is 2.34. The molecule has 0 bridgehead atoms. The van der Waals surface area contributed by atoms with Crippen LogP contribution in [0.15, 0.2) is 48.5 Å². The summed E-state index contributed by atoms with van der Waals surface area (Å²) in [7, 11) is 0. The van der Waals surface area contributed by atoms with Crippen molar-refractivity contribution in [2.24, 2.45) is 0 Å². The Morgan fingerprint density at radius 1 is 0.913 bits per heavy atom. The Morgan fingerprint density at radius 2 is 1.52 bits per heavy atom. The first-order chi connectivity index (χ1) is 10.8. The fourth-order valence-electron chi connectivity index (χ4n) is 1.91. The monoisotopic (exact) mass is 322 g/mol. The third-order valence-corrected chi connectivity index (χ3v) is 3.03. The molecule has 0 heterocycles. The zero-order valence-corrected chi connectivity index (χ0v) is 12.1. The molecule has 0 spiro atoms. The molecule has 2 amide bonds. The second-order valence-electron chi connectivity index (χ2n) is 4.76. The summed E-state index contributed by atoms with van der Waals surface area (Å²) in [6.07, 6.45) is -4.56. The number of anilines is 2. The van der Waals surface area contributed by atoms with Crippen LogP contribution in [-0.2, 0) is 6.18 Å². The molecule has 0 aromatic heterocycles. The van der Waals surface area contributed by atoms with Gasteiger partial charge in [-0.3, -0.25) is 4.79 Å². The van der Waals surface area contributed by atoms with Crippen molar-refractivity contribution >= 4 is 23.2 Å². The molecule has 120 valence electrons. The Hall–Kier alpha value is -2.83. The summed E-state index contributed by atoms with van der Waals surface area (Å²) >= 11 is 0. The number of halogens is 3. The molecule has 0 aliphatic carbocycles. The van der Waals surface area contributed by atoms with E-state index in [0.29, 0.717) is 11.3 Å². The van der Waals surface area contributed by atoms with Gasteiger partial charge in [-0.15, -0.1) is 0 Å². The number of Topliss-reactive ketones (excluding diaryl/α,β-unsaturated/α-hetero) is 1. The largest absolute Gasteiger partial charge is 0.418 e. The van der Waals surface area contributed by atoms with Crippen LogP contribution >= 0.6 is 0 Å². The molecule has 7 heteroatoms. The molecule has 0 atom stereocenters. The van der Waals surface area contributed by atoms with Gasteiger partial charge in [0.25, 0.3) is 0 Å². The van der Waals surface area contributed by atoms with Gasteiger partial charge < -0.3 is 10.6 Å². The summed E-state index contributed by atoms with van der Waals surface area (Å²) < 4.78 is 38.5. The number of amides is 2. The van der Waals surface area contributed by atoms with E-state index in [2.05, 4.69) is 10.6 Å². The van der Waals surface area contributed by atoms with Crippen LogP contribution in [0, 0.1) is 0 Å². The van der Waals surface area contributed by atoms with Crippen molar-refractivity contribution in [1.29, 1.82) is 0 Å². The van der Waals surface area contributed by atoms with E-state index in [0.717, 1.165) is 6.07 Å². The van der Waals surface area contributed by atoms with Crippen molar-refractivity contribution in [1.82, 2.24) is 0 Å². The summed E-state index contributed by atoms with van der Waals surface area (Å²) in [6.45, 7) is 1.41. The first kappa shape index (κ1) is 16.5. The van der Waals surface area contributed by atoms with Gasteiger partial charge in [0, 0.05) is 11.3 Å². The number of carbonyl (C=O) groups is 2. The third-order valence-electron chi connectivity index (χ3n) is 3.03. The lowest BCUT2D eigenvalue weighted by Gasteiger charge is -2.14. The van der Waals surface area contributed by atoms with Crippen LogP contribution in [0.2, 0.25) is 0 Å². The maximum absolute atomic E-state index is 12.8. The van der Waals surface area contributed by atoms with E-state index >= 15 is 0 Å². The predicted octanol–water partition coefficient (Wildman–Crippen LogP) is 4.55. The Bertz CT molecular complexity index is 725. The molecule has 0 saturated carbocycles. The lowest BCUT2D eigenvalue weighted by Crippen LogP contribution is -2.21. The fourth-order valence-corrected chi connectivity index (χ4v) is 1.91. The van der Waals surface area contributed by atoms with E-state index in [4.69, 9.17) is 0 Å². The molecule has 2 aromatic rings. The molecule has 23 heavy (non-hydrogen) atoms. The summed E-state index contributed by atoms with van der Waals surface area (Å²) in [4.78, 5) is 23.0. The van der Waals surface area contributed by atoms with Crippen molar-refractivity contribution in [2.45, 2.75) is 13.1 Å². The highest BCUT2D eigenvalue weighted by Gasteiger charge is 2.33. The van der Waals surface area contributed by atoms with Gasteiger partial charge in [-0.25, -0.2) is 4.79 Å². The second kappa shape index (κ2) is 6.51. The molecule has 0 fully saturated rings. The van der Waals surface area contributed by atoms with Gasteiger partial charge in [0.2, 0.25) is 0 Å². The first-order valence-corrected chi connectivity index (χ1v) is 6.62. The minimum absolute atomic E-state index is 0.125. The number of nitrogens with one attached hydrogen (secondary N) is 2. The van der Waals surface area contributed by atoms with Crippen LogP contribution in [0.25, 0.3) is 0 Å². The molecule has 0 unspecified atom stereocenters. The molecule has 2 rings (SSSR count). The molecule has 0 saturated heterocycles. The van der Waals surface area contributed by atoms with Crippen molar-refractivity contribution < 1.29 is 22.8 Å². The van der Waals surface area contributed by atoms with E-state index < -0.39 is 17.8 Å². The molecule has 0 aliphatic rings. The molecule has 0 radical (unpaired) electrons. The van der Waals surface area contributed by atoms with Crippen LogP contribution in [0.4, 0.5) is 29.3 Å². The highest BCUT2D eigenvalue weighted by atomic mass is 19.4. The molecule has 4 nitrogen and oxygen atoms in total. The molecule has 2 N–H and O–H groups in total. The van der Waals surface area contributed by atoms with E-state index in [-0.39, 0.29) is 11.5 Å². The van der Waals surface area contributed by atoms with Crippen LogP contribution in [0.5, 0.6) is 0 Å². The van der Waals surface area contributed by atoms with E-state index in [9.17, 15) is 22.8 Å². The molecular weight excluding hydrogens is 309 g/mol. The Balaban J connectivity index is 2.10. The summed E-state index contributed by atoms with van der Waals surface area (Å²) in [5.41, 5.74) is -0.435. The highest BCUT2D eigenvalue weighted by molar-refractivity contribution is 6.01. The van der Waals surface area contributed by atoms with E-state index in [1.54, 1.807) is 0 Å². The molecule has 0 aliphatic heterocycles. The quantitative estimate of drug-likeness (QED) is 0.814. The Kier molecular flexibility index (Phi) is 4.68. The van der Waals surface area contributed by atoms with Crippen molar-refractivity contribution in [3.8, 4) is 0 Å². The van der Waals surface area contributed by atoms with Gasteiger partial charge in [-0.1, -0.05) is 12.1 Å². The number of hydrogen-bond acceptors (Lipinski definition) is 2. The number of benzene rings is 2. The number of ketones is 1. The van der Waals surface area contributed by atoms with Crippen LogP contribution in [0.1, 0.15) is 22.8 Å². The van der Waals surface area contributed by atoms with Crippen LogP contribution < -0.4 is 10.6 Å². The minimum atomic E-state index is -4.56. The fraction of sp³-hybridized carbons (Fsp3) is 0.125. The van der Waals surface area contributed by atoms with Crippen LogP contribution in [0.3, 0.4) is 0 Å². The number of para-hydroxylation sites is 1. The molecule has 2 aromatic carbocycles. The number of rotatable bonds is 3. The summed E-state index contributed by atoms with van der Waals surface area (Å²) in [5, 5.41) is 4.57. The maximum Gasteiger partial charge on any atom is 0.418 e. The average molecular weight is 322 g/mol. The standard InChI is InChI=1S/C16H13F3N2O2/c1-10(22)11-6-8-12(9-7-11)20-15(23)21-14-5-3-2-4-13(14)16(17,18)19/h2-9H,1H3,(H2,20,21,23). The number of urea groups is 1. The Labute approximate surface area is 130 Å². The summed E-state index contributed by atoms with van der Waals surface area (Å²) in [6, 6.07) is 9.90. The van der Waals surface area contributed by atoms with Gasteiger partial charge in [0.05, 0.1) is 11.3 Å². The van der Waals surface area contributed by atoms with Crippen molar-refractivity contribution in [2.75, 3.05) is 10.6 Å². The summed E-state index contributed by atoms with van der Waals surface area (Å²) in [5.74, 6) is -0.125. The second-order valence-corrected chi connectivity index (χ2v) is 4.76. The lowest BCUT2D eigenvalue weighted by atomic mass is 10.1. The van der Waals surface area contributed by atoms with Gasteiger partial charge >= 0.3 is 12.2 Å². The van der Waals surface area contributed by atoms with Gasteiger partial charge in [0.15, 0.2) is 5.78 Å². The predicted molar refractivity (Wildman–Crippen MR) is 80.5 cm³/mol. The Morgan fingerprint density at radius 3 is 2.09 bits per heavy atom.